The van der Waals surface area contributed by atoms with Crippen molar-refractivity contribution in [3.05, 3.63) is 65.8 Å². The molecule has 0 amide bonds. The maximum atomic E-state index is 10.2. The van der Waals surface area contributed by atoms with Gasteiger partial charge in [0.15, 0.2) is 5.49 Å². The highest BCUT2D eigenvalue weighted by atomic mass is 16.5. The Bertz CT molecular complexity index is 563. The van der Waals surface area contributed by atoms with Gasteiger partial charge in [-0.1, -0.05) is 36.4 Å². The van der Waals surface area contributed by atoms with Crippen molar-refractivity contribution in [3.63, 3.8) is 0 Å². The lowest BCUT2D eigenvalue weighted by atomic mass is 10.0. The summed E-state index contributed by atoms with van der Waals surface area (Å²) in [7, 11) is 0. The number of aromatic nitrogens is 1. The molecule has 0 aliphatic heterocycles. The minimum absolute atomic E-state index is 0.340. The summed E-state index contributed by atoms with van der Waals surface area (Å²) in [5.74, 6) is 0. The van der Waals surface area contributed by atoms with Gasteiger partial charge >= 0.3 is 0 Å². The molecule has 0 saturated heterocycles. The normalized spacial score (nSPS) is 15.3. The minimum atomic E-state index is -0.689. The summed E-state index contributed by atoms with van der Waals surface area (Å²) in [6, 6.07) is 14.2. The molecule has 0 bridgehead atoms. The fourth-order valence-electron chi connectivity index (χ4n) is 1.74. The van der Waals surface area contributed by atoms with Crippen LogP contribution in [0.4, 0.5) is 0 Å². The number of benzene rings is 1. The number of aliphatic hydroxyl groups excluding tert-OH is 1. The number of nitrogens with zero attached hydrogens (tertiary/aromatic N) is 2. The van der Waals surface area contributed by atoms with Crippen LogP contribution in [0.1, 0.15) is 18.6 Å². The lowest BCUT2D eigenvalue weighted by Crippen LogP contribution is -2.23. The first-order chi connectivity index (χ1) is 8.68. The zero-order chi connectivity index (χ0) is 13.0. The average molecular weight is 244 g/mol. The summed E-state index contributed by atoms with van der Waals surface area (Å²) in [5, 5.41) is 19.7. The first kappa shape index (κ1) is 12.4. The molecule has 1 aromatic heterocycles. The zero-order valence-electron chi connectivity index (χ0n) is 10.1. The van der Waals surface area contributed by atoms with Gasteiger partial charge < -0.3 is 10.3 Å². The number of hydrogen-bond donors (Lipinski definition) is 2. The molecule has 1 aromatic carbocycles. The molecule has 2 atom stereocenters. The molecule has 0 saturated carbocycles. The molecule has 94 valence electrons. The Hall–Kier alpha value is -2.07. The SMILES string of the molecule is C[C@H](N=c1ccccn1O)[C@@H](O)c1ccccc1. The van der Waals surface area contributed by atoms with Gasteiger partial charge in [-0.3, -0.25) is 4.99 Å². The maximum absolute atomic E-state index is 10.2. The third kappa shape index (κ3) is 2.78. The summed E-state index contributed by atoms with van der Waals surface area (Å²) < 4.78 is 0.939. The molecule has 0 fully saturated rings. The van der Waals surface area contributed by atoms with E-state index in [4.69, 9.17) is 0 Å². The minimum Gasteiger partial charge on any atom is -0.427 e. The second kappa shape index (κ2) is 5.51. The van der Waals surface area contributed by atoms with Crippen molar-refractivity contribution in [1.82, 2.24) is 4.73 Å². The van der Waals surface area contributed by atoms with Crippen molar-refractivity contribution < 1.29 is 10.3 Å². The van der Waals surface area contributed by atoms with Crippen LogP contribution in [0.5, 0.6) is 0 Å². The van der Waals surface area contributed by atoms with E-state index in [2.05, 4.69) is 4.99 Å². The molecule has 0 radical (unpaired) electrons. The smallest absolute Gasteiger partial charge is 0.163 e. The average Bonchev–Trinajstić information content (AvgIpc) is 2.41. The van der Waals surface area contributed by atoms with E-state index in [-0.39, 0.29) is 6.04 Å². The summed E-state index contributed by atoms with van der Waals surface area (Å²) >= 11 is 0. The molecule has 0 unspecified atom stereocenters. The second-order valence-corrected chi connectivity index (χ2v) is 4.13. The van der Waals surface area contributed by atoms with Crippen LogP contribution in [-0.2, 0) is 0 Å². The topological polar surface area (TPSA) is 57.8 Å². The van der Waals surface area contributed by atoms with E-state index < -0.39 is 6.10 Å². The van der Waals surface area contributed by atoms with Crippen LogP contribution in [-0.4, -0.2) is 21.1 Å². The van der Waals surface area contributed by atoms with Crippen molar-refractivity contribution in [2.45, 2.75) is 19.1 Å². The number of pyridine rings is 1. The van der Waals surface area contributed by atoms with Crippen LogP contribution in [0.25, 0.3) is 0 Å². The summed E-state index contributed by atoms with van der Waals surface area (Å²) in [4.78, 5) is 4.30. The number of aliphatic hydroxyl groups is 1. The Morgan fingerprint density at radius 3 is 2.39 bits per heavy atom. The molecular formula is C14H16N2O2. The molecular weight excluding hydrogens is 228 g/mol. The van der Waals surface area contributed by atoms with Crippen molar-refractivity contribution in [3.8, 4) is 0 Å². The van der Waals surface area contributed by atoms with Gasteiger partial charge in [0, 0.05) is 6.20 Å². The van der Waals surface area contributed by atoms with E-state index in [9.17, 15) is 10.3 Å². The van der Waals surface area contributed by atoms with Gasteiger partial charge in [-0.25, -0.2) is 0 Å². The molecule has 4 heteroatoms. The van der Waals surface area contributed by atoms with Crippen LogP contribution < -0.4 is 5.49 Å². The van der Waals surface area contributed by atoms with Crippen molar-refractivity contribution in [1.29, 1.82) is 0 Å². The Balaban J connectivity index is 2.26. The monoisotopic (exact) mass is 244 g/mol. The van der Waals surface area contributed by atoms with Crippen molar-refractivity contribution in [2.75, 3.05) is 0 Å². The predicted octanol–water partition coefficient (Wildman–Crippen LogP) is 1.75. The third-order valence-electron chi connectivity index (χ3n) is 2.75. The van der Waals surface area contributed by atoms with E-state index in [0.29, 0.717) is 5.49 Å². The molecule has 0 aliphatic rings. The lowest BCUT2D eigenvalue weighted by Gasteiger charge is -2.15. The summed E-state index contributed by atoms with van der Waals surface area (Å²) in [5.41, 5.74) is 1.23. The Kier molecular flexibility index (Phi) is 3.79. The molecule has 2 rings (SSSR count). The van der Waals surface area contributed by atoms with E-state index >= 15 is 0 Å². The highest BCUT2D eigenvalue weighted by Crippen LogP contribution is 2.17. The van der Waals surface area contributed by atoms with E-state index in [1.807, 2.05) is 37.3 Å². The Morgan fingerprint density at radius 1 is 1.06 bits per heavy atom. The van der Waals surface area contributed by atoms with Crippen LogP contribution in [0.2, 0.25) is 0 Å². The van der Waals surface area contributed by atoms with Gasteiger partial charge in [0.05, 0.1) is 6.04 Å². The van der Waals surface area contributed by atoms with Gasteiger partial charge in [0.2, 0.25) is 0 Å². The lowest BCUT2D eigenvalue weighted by molar-refractivity contribution is 0.144. The highest BCUT2D eigenvalue weighted by molar-refractivity contribution is 5.18. The van der Waals surface area contributed by atoms with Crippen LogP contribution in [0.3, 0.4) is 0 Å². The largest absolute Gasteiger partial charge is 0.427 e. The molecule has 0 spiro atoms. The predicted molar refractivity (Wildman–Crippen MR) is 68.0 cm³/mol. The number of hydrogen-bond acceptors (Lipinski definition) is 3. The zero-order valence-corrected chi connectivity index (χ0v) is 10.1. The summed E-state index contributed by atoms with van der Waals surface area (Å²) in [6.45, 7) is 1.81. The fourth-order valence-corrected chi connectivity index (χ4v) is 1.74. The first-order valence-corrected chi connectivity index (χ1v) is 5.82. The molecule has 2 N–H and O–H groups in total. The van der Waals surface area contributed by atoms with Gasteiger partial charge in [-0.15, -0.1) is 0 Å². The molecule has 2 aromatic rings. The van der Waals surface area contributed by atoms with Crippen molar-refractivity contribution in [2.24, 2.45) is 4.99 Å². The Labute approximate surface area is 105 Å². The Morgan fingerprint density at radius 2 is 1.72 bits per heavy atom. The van der Waals surface area contributed by atoms with Gasteiger partial charge in [0.25, 0.3) is 0 Å². The fraction of sp³-hybridized carbons (Fsp3) is 0.214. The quantitative estimate of drug-likeness (QED) is 0.808. The molecule has 18 heavy (non-hydrogen) atoms. The molecule has 4 nitrogen and oxygen atoms in total. The third-order valence-corrected chi connectivity index (χ3v) is 2.75. The summed E-state index contributed by atoms with van der Waals surface area (Å²) in [6.07, 6.45) is 0.812. The molecule has 0 aliphatic carbocycles. The van der Waals surface area contributed by atoms with Crippen LogP contribution in [0, 0.1) is 0 Å². The van der Waals surface area contributed by atoms with Crippen molar-refractivity contribution >= 4 is 0 Å². The van der Waals surface area contributed by atoms with Gasteiger partial charge in [-0.2, -0.15) is 4.73 Å². The van der Waals surface area contributed by atoms with E-state index in [1.54, 1.807) is 18.2 Å². The van der Waals surface area contributed by atoms with E-state index in [1.165, 1.54) is 6.20 Å². The highest BCUT2D eigenvalue weighted by Gasteiger charge is 2.14. The first-order valence-electron chi connectivity index (χ1n) is 5.82. The van der Waals surface area contributed by atoms with Crippen LogP contribution >= 0.6 is 0 Å². The number of rotatable bonds is 3. The van der Waals surface area contributed by atoms with E-state index in [0.717, 1.165) is 10.3 Å². The molecule has 1 heterocycles. The van der Waals surface area contributed by atoms with Crippen LogP contribution in [0.15, 0.2) is 59.7 Å². The maximum Gasteiger partial charge on any atom is 0.163 e. The standard InChI is InChI=1S/C14H16N2O2/c1-11(14(17)12-7-3-2-4-8-12)15-13-9-5-6-10-16(13)18/h2-11,14,17-18H,1H3/t11-,14+/m0/s1. The van der Waals surface area contributed by atoms with Gasteiger partial charge in [0.1, 0.15) is 6.10 Å². The van der Waals surface area contributed by atoms with Gasteiger partial charge in [-0.05, 0) is 24.6 Å². The second-order valence-electron chi connectivity index (χ2n) is 4.13.